The molecule has 0 saturated carbocycles. The van der Waals surface area contributed by atoms with Crippen LogP contribution in [0.4, 0.5) is 18.9 Å². The van der Waals surface area contributed by atoms with Crippen molar-refractivity contribution in [2.45, 2.75) is 30.9 Å². The van der Waals surface area contributed by atoms with Crippen molar-refractivity contribution in [1.29, 1.82) is 5.26 Å². The Hall–Kier alpha value is -4.21. The first-order valence-electron chi connectivity index (χ1n) is 12.6. The molecule has 3 heterocycles. The van der Waals surface area contributed by atoms with E-state index in [-0.39, 0.29) is 46.5 Å². The van der Waals surface area contributed by atoms with Crippen molar-refractivity contribution in [1.82, 2.24) is 10.3 Å². The second kappa shape index (κ2) is 11.3. The van der Waals surface area contributed by atoms with Crippen LogP contribution in [0.3, 0.4) is 0 Å². The van der Waals surface area contributed by atoms with Gasteiger partial charge in [-0.1, -0.05) is 30.0 Å². The monoisotopic (exact) mass is 579 g/mol. The standard InChI is InChI=1S/C29H24F3N5O3S/c1-28(31,32)24-11-19-15-41-27(36-25(38)18-5-3-2-4-6-18)37-29(19,16-40-24)21-12-20(8-9-22(21)30)35-26(39)23-10-7-17(13-33)14-34-23/h2-10,12,14,19,24H,11,15-16H2,1H3,(H,35,39)(H,36,37,38)/t19-,24?,29-/m0/s1. The lowest BCUT2D eigenvalue weighted by Gasteiger charge is -2.47. The Bertz CT molecular complexity index is 1540. The lowest BCUT2D eigenvalue weighted by atomic mass is 9.74. The Kier molecular flexibility index (Phi) is 7.84. The largest absolute Gasteiger partial charge is 0.369 e. The van der Waals surface area contributed by atoms with Gasteiger partial charge < -0.3 is 15.4 Å². The van der Waals surface area contributed by atoms with Gasteiger partial charge in [-0.05, 0) is 48.9 Å². The Balaban J connectivity index is 1.49. The lowest BCUT2D eigenvalue weighted by molar-refractivity contribution is -0.170. The first-order chi connectivity index (χ1) is 19.6. The third-order valence-corrected chi connectivity index (χ3v) is 8.07. The van der Waals surface area contributed by atoms with Crippen LogP contribution in [0, 0.1) is 23.1 Å². The minimum Gasteiger partial charge on any atom is -0.369 e. The summed E-state index contributed by atoms with van der Waals surface area (Å²) < 4.78 is 49.6. The smallest absolute Gasteiger partial charge is 0.274 e. The van der Waals surface area contributed by atoms with Crippen LogP contribution >= 0.6 is 11.8 Å². The molecule has 2 aliphatic rings. The number of aromatic nitrogens is 1. The van der Waals surface area contributed by atoms with Gasteiger partial charge in [0, 0.05) is 41.6 Å². The molecule has 0 radical (unpaired) electrons. The van der Waals surface area contributed by atoms with E-state index < -0.39 is 41.1 Å². The van der Waals surface area contributed by atoms with Crippen molar-refractivity contribution in [3.8, 4) is 6.07 Å². The van der Waals surface area contributed by atoms with Crippen LogP contribution in [-0.2, 0) is 10.3 Å². The minimum atomic E-state index is -3.12. The van der Waals surface area contributed by atoms with E-state index in [9.17, 15) is 18.4 Å². The molecule has 0 aliphatic carbocycles. The maximum atomic E-state index is 15.5. The summed E-state index contributed by atoms with van der Waals surface area (Å²) in [5, 5.41) is 14.6. The number of carbonyl (C=O) groups excluding carboxylic acids is 2. The number of fused-ring (bicyclic) bond motifs is 1. The number of nitriles is 1. The molecule has 0 bridgehead atoms. The van der Waals surface area contributed by atoms with Crippen molar-refractivity contribution in [3.63, 3.8) is 0 Å². The second-order valence-corrected chi connectivity index (χ2v) is 10.9. The molecule has 12 heteroatoms. The molecule has 1 fully saturated rings. The molecule has 2 N–H and O–H groups in total. The van der Waals surface area contributed by atoms with Gasteiger partial charge >= 0.3 is 0 Å². The number of nitrogens with one attached hydrogen (secondary N) is 2. The summed E-state index contributed by atoms with van der Waals surface area (Å²) in [6.07, 6.45) is -0.219. The molecule has 1 unspecified atom stereocenters. The minimum absolute atomic E-state index is 0.0396. The highest BCUT2D eigenvalue weighted by Gasteiger charge is 2.53. The number of alkyl halides is 2. The normalized spacial score (nSPS) is 22.1. The quantitative estimate of drug-likeness (QED) is 0.433. The highest BCUT2D eigenvalue weighted by atomic mass is 32.2. The van der Waals surface area contributed by atoms with Gasteiger partial charge in [-0.25, -0.2) is 23.1 Å². The summed E-state index contributed by atoms with van der Waals surface area (Å²) in [4.78, 5) is 34.3. The Morgan fingerprint density at radius 2 is 1.90 bits per heavy atom. The Morgan fingerprint density at radius 1 is 1.12 bits per heavy atom. The van der Waals surface area contributed by atoms with Crippen molar-refractivity contribution >= 4 is 34.4 Å². The van der Waals surface area contributed by atoms with Gasteiger partial charge in [0.2, 0.25) is 0 Å². The van der Waals surface area contributed by atoms with E-state index in [4.69, 9.17) is 15.0 Å². The maximum Gasteiger partial charge on any atom is 0.274 e. The molecule has 1 aromatic heterocycles. The molecule has 2 aromatic carbocycles. The summed E-state index contributed by atoms with van der Waals surface area (Å²) >= 11 is 1.19. The average Bonchev–Trinajstić information content (AvgIpc) is 2.97. The van der Waals surface area contributed by atoms with Gasteiger partial charge in [-0.15, -0.1) is 0 Å². The summed E-state index contributed by atoms with van der Waals surface area (Å²) in [6.45, 7) is 0.422. The summed E-state index contributed by atoms with van der Waals surface area (Å²) in [6, 6.07) is 17.1. The number of carbonyl (C=O) groups is 2. The van der Waals surface area contributed by atoms with Crippen LogP contribution in [-0.4, -0.2) is 46.4 Å². The van der Waals surface area contributed by atoms with E-state index in [0.29, 0.717) is 5.56 Å². The van der Waals surface area contributed by atoms with Crippen molar-refractivity contribution in [2.24, 2.45) is 10.9 Å². The molecule has 3 atom stereocenters. The highest BCUT2D eigenvalue weighted by molar-refractivity contribution is 8.13. The molecule has 8 nitrogen and oxygen atoms in total. The van der Waals surface area contributed by atoms with E-state index in [0.717, 1.165) is 13.0 Å². The van der Waals surface area contributed by atoms with Crippen LogP contribution in [0.15, 0.2) is 71.9 Å². The first kappa shape index (κ1) is 28.3. The van der Waals surface area contributed by atoms with Crippen LogP contribution in [0.25, 0.3) is 0 Å². The molecule has 5 rings (SSSR count). The van der Waals surface area contributed by atoms with Crippen LogP contribution < -0.4 is 10.6 Å². The number of pyridine rings is 1. The number of amidine groups is 1. The predicted molar refractivity (Wildman–Crippen MR) is 147 cm³/mol. The Morgan fingerprint density at radius 3 is 2.59 bits per heavy atom. The highest BCUT2D eigenvalue weighted by Crippen LogP contribution is 2.49. The number of halogens is 3. The molecule has 3 aromatic rings. The second-order valence-electron chi connectivity index (χ2n) is 9.85. The van der Waals surface area contributed by atoms with Gasteiger partial charge in [0.25, 0.3) is 17.7 Å². The maximum absolute atomic E-state index is 15.5. The van der Waals surface area contributed by atoms with E-state index in [2.05, 4.69) is 15.6 Å². The molecule has 2 aliphatic heterocycles. The van der Waals surface area contributed by atoms with E-state index in [1.807, 2.05) is 6.07 Å². The van der Waals surface area contributed by atoms with E-state index in [1.165, 1.54) is 42.2 Å². The van der Waals surface area contributed by atoms with Crippen LogP contribution in [0.1, 0.15) is 45.3 Å². The fourth-order valence-corrected chi connectivity index (χ4v) is 6.01. The predicted octanol–water partition coefficient (Wildman–Crippen LogP) is 5.13. The first-order valence-corrected chi connectivity index (χ1v) is 13.6. The number of anilines is 1. The zero-order valence-corrected chi connectivity index (χ0v) is 22.6. The van der Waals surface area contributed by atoms with Gasteiger partial charge in [0.05, 0.1) is 12.2 Å². The van der Waals surface area contributed by atoms with Gasteiger partial charge in [0.1, 0.15) is 29.2 Å². The molecule has 1 saturated heterocycles. The molecule has 210 valence electrons. The van der Waals surface area contributed by atoms with Crippen molar-refractivity contribution in [2.75, 3.05) is 17.7 Å². The fourth-order valence-electron chi connectivity index (χ4n) is 4.85. The number of rotatable bonds is 5. The molecule has 0 spiro atoms. The van der Waals surface area contributed by atoms with Gasteiger partial charge in [-0.2, -0.15) is 5.26 Å². The number of hydrogen-bond donors (Lipinski definition) is 2. The van der Waals surface area contributed by atoms with Crippen LogP contribution in [0.5, 0.6) is 0 Å². The average molecular weight is 580 g/mol. The fraction of sp³-hybridized carbons (Fsp3) is 0.276. The van der Waals surface area contributed by atoms with Crippen molar-refractivity contribution in [3.05, 3.63) is 95.1 Å². The van der Waals surface area contributed by atoms with Gasteiger partial charge in [-0.3, -0.25) is 9.59 Å². The number of benzene rings is 2. The number of hydrogen-bond acceptors (Lipinski definition) is 7. The lowest BCUT2D eigenvalue weighted by Crippen LogP contribution is -2.54. The molecular formula is C29H24F3N5O3S. The molecular weight excluding hydrogens is 555 g/mol. The number of amides is 2. The number of ether oxygens (including phenoxy) is 1. The zero-order chi connectivity index (χ0) is 29.2. The van der Waals surface area contributed by atoms with E-state index in [1.54, 1.807) is 30.3 Å². The zero-order valence-electron chi connectivity index (χ0n) is 21.7. The summed E-state index contributed by atoms with van der Waals surface area (Å²) in [5.41, 5.74) is -0.464. The van der Waals surface area contributed by atoms with Crippen LogP contribution in [0.2, 0.25) is 0 Å². The SMILES string of the molecule is CC(F)(F)C1C[C@H]2CSC(NC(=O)c3ccccc3)=N[C@@]2(c2cc(NC(=O)c3ccc(C#N)cn3)ccc2F)CO1. The molecule has 2 amide bonds. The molecule has 41 heavy (non-hydrogen) atoms. The third-order valence-electron chi connectivity index (χ3n) is 7.04. The van der Waals surface area contributed by atoms with Crippen molar-refractivity contribution < 1.29 is 27.5 Å². The van der Waals surface area contributed by atoms with E-state index >= 15 is 4.39 Å². The third kappa shape index (κ3) is 5.96. The van der Waals surface area contributed by atoms with Gasteiger partial charge in [0.15, 0.2) is 5.17 Å². The topological polar surface area (TPSA) is 116 Å². The number of thioether (sulfide) groups is 1. The Labute approximate surface area is 238 Å². The number of nitrogens with zero attached hydrogens (tertiary/aromatic N) is 3. The summed E-state index contributed by atoms with van der Waals surface area (Å²) in [7, 11) is 0. The summed E-state index contributed by atoms with van der Waals surface area (Å²) in [5.74, 6) is -5.09. The number of aliphatic imine (C=N–C) groups is 1.